The summed E-state index contributed by atoms with van der Waals surface area (Å²) in [5.41, 5.74) is 0.501. The van der Waals surface area contributed by atoms with Gasteiger partial charge in [0.1, 0.15) is 5.69 Å². The number of aromatic nitrogens is 3. The SMILES string of the molecule is COc1cc2c(N3CCCC(C(=O)c4ccccn4)C3)nncc2c(OC)c1OC. The van der Waals surface area contributed by atoms with Crippen LogP contribution in [-0.4, -0.2) is 55.4 Å². The van der Waals surface area contributed by atoms with Gasteiger partial charge >= 0.3 is 0 Å². The molecule has 0 saturated carbocycles. The number of Topliss-reactive ketones (excluding diaryl/α,β-unsaturated/α-hetero) is 1. The van der Waals surface area contributed by atoms with E-state index in [-0.39, 0.29) is 11.7 Å². The Morgan fingerprint density at radius 2 is 1.93 bits per heavy atom. The van der Waals surface area contributed by atoms with Gasteiger partial charge < -0.3 is 19.1 Å². The van der Waals surface area contributed by atoms with Crippen molar-refractivity contribution in [3.05, 3.63) is 42.4 Å². The predicted octanol–water partition coefficient (Wildman–Crippen LogP) is 3.15. The van der Waals surface area contributed by atoms with E-state index >= 15 is 0 Å². The Morgan fingerprint density at radius 1 is 1.10 bits per heavy atom. The van der Waals surface area contributed by atoms with Gasteiger partial charge in [0.05, 0.1) is 32.9 Å². The Bertz CT molecular complexity index is 1060. The van der Waals surface area contributed by atoms with Crippen molar-refractivity contribution >= 4 is 22.4 Å². The molecule has 30 heavy (non-hydrogen) atoms. The molecule has 156 valence electrons. The number of ether oxygens (including phenoxy) is 3. The number of carbonyl (C=O) groups excluding carboxylic acids is 1. The van der Waals surface area contributed by atoms with Crippen LogP contribution in [0.4, 0.5) is 5.82 Å². The van der Waals surface area contributed by atoms with Gasteiger partial charge in [-0.15, -0.1) is 5.10 Å². The molecule has 1 aliphatic rings. The van der Waals surface area contributed by atoms with Crippen LogP contribution >= 0.6 is 0 Å². The minimum atomic E-state index is -0.146. The smallest absolute Gasteiger partial charge is 0.204 e. The fourth-order valence-electron chi connectivity index (χ4n) is 4.02. The first kappa shape index (κ1) is 19.9. The first-order chi connectivity index (χ1) is 14.7. The Kier molecular flexibility index (Phi) is 5.65. The van der Waals surface area contributed by atoms with E-state index < -0.39 is 0 Å². The maximum Gasteiger partial charge on any atom is 0.204 e. The number of piperidine rings is 1. The molecule has 0 N–H and O–H groups in total. The second-order valence-electron chi connectivity index (χ2n) is 7.14. The van der Waals surface area contributed by atoms with E-state index in [9.17, 15) is 4.79 Å². The van der Waals surface area contributed by atoms with Gasteiger partial charge in [0.2, 0.25) is 5.75 Å². The number of rotatable bonds is 6. The molecule has 0 spiro atoms. The molecule has 0 amide bonds. The summed E-state index contributed by atoms with van der Waals surface area (Å²) >= 11 is 0. The van der Waals surface area contributed by atoms with Crippen LogP contribution in [0.15, 0.2) is 36.7 Å². The molecule has 1 atom stereocenters. The van der Waals surface area contributed by atoms with Crippen molar-refractivity contribution in [2.75, 3.05) is 39.3 Å². The van der Waals surface area contributed by atoms with Crippen molar-refractivity contribution in [1.29, 1.82) is 0 Å². The van der Waals surface area contributed by atoms with Gasteiger partial charge in [-0.25, -0.2) is 0 Å². The third kappa shape index (κ3) is 3.49. The Morgan fingerprint density at radius 3 is 2.63 bits per heavy atom. The van der Waals surface area contributed by atoms with Crippen LogP contribution in [0.25, 0.3) is 10.8 Å². The van der Waals surface area contributed by atoms with Gasteiger partial charge in [0, 0.05) is 30.6 Å². The molecule has 8 heteroatoms. The number of hydrogen-bond donors (Lipinski definition) is 0. The van der Waals surface area contributed by atoms with Gasteiger partial charge in [0.15, 0.2) is 23.1 Å². The summed E-state index contributed by atoms with van der Waals surface area (Å²) in [5, 5.41) is 10.2. The minimum absolute atomic E-state index is 0.0605. The summed E-state index contributed by atoms with van der Waals surface area (Å²) < 4.78 is 16.6. The fourth-order valence-corrected chi connectivity index (χ4v) is 4.02. The molecule has 8 nitrogen and oxygen atoms in total. The van der Waals surface area contributed by atoms with Crippen molar-refractivity contribution in [2.45, 2.75) is 12.8 Å². The van der Waals surface area contributed by atoms with Gasteiger partial charge in [0.25, 0.3) is 0 Å². The molecule has 0 radical (unpaired) electrons. The zero-order valence-electron chi connectivity index (χ0n) is 17.3. The van der Waals surface area contributed by atoms with Crippen LogP contribution in [0.3, 0.4) is 0 Å². The van der Waals surface area contributed by atoms with Gasteiger partial charge in [-0.3, -0.25) is 9.78 Å². The van der Waals surface area contributed by atoms with Crippen LogP contribution < -0.4 is 19.1 Å². The van der Waals surface area contributed by atoms with E-state index in [1.165, 1.54) is 0 Å². The highest BCUT2D eigenvalue weighted by molar-refractivity contribution is 6.00. The second-order valence-corrected chi connectivity index (χ2v) is 7.14. The number of fused-ring (bicyclic) bond motifs is 1. The van der Waals surface area contributed by atoms with Crippen LogP contribution in [0, 0.1) is 5.92 Å². The lowest BCUT2D eigenvalue weighted by atomic mass is 9.91. The molecule has 3 aromatic rings. The van der Waals surface area contributed by atoms with E-state index in [4.69, 9.17) is 14.2 Å². The zero-order valence-corrected chi connectivity index (χ0v) is 17.3. The normalized spacial score (nSPS) is 16.4. The number of ketones is 1. The Balaban J connectivity index is 1.73. The lowest BCUT2D eigenvalue weighted by molar-refractivity contribution is 0.0902. The molecule has 1 saturated heterocycles. The molecule has 4 rings (SSSR count). The van der Waals surface area contributed by atoms with Gasteiger partial charge in [-0.1, -0.05) is 6.07 Å². The quantitative estimate of drug-likeness (QED) is 0.575. The lowest BCUT2D eigenvalue weighted by Gasteiger charge is -2.33. The van der Waals surface area contributed by atoms with Crippen molar-refractivity contribution in [3.63, 3.8) is 0 Å². The standard InChI is InChI=1S/C22H24N4O4/c1-28-18-11-15-16(20(29-2)21(18)30-3)12-24-25-22(15)26-10-6-7-14(13-26)19(27)17-8-4-5-9-23-17/h4-5,8-9,11-12,14H,6-7,10,13H2,1-3H3. The first-order valence-corrected chi connectivity index (χ1v) is 9.82. The average Bonchev–Trinajstić information content (AvgIpc) is 2.82. The van der Waals surface area contributed by atoms with Crippen molar-refractivity contribution in [2.24, 2.45) is 5.92 Å². The molecule has 0 aliphatic carbocycles. The number of nitrogens with zero attached hydrogens (tertiary/aromatic N) is 4. The molecular weight excluding hydrogens is 384 g/mol. The van der Waals surface area contributed by atoms with E-state index in [0.717, 1.165) is 30.2 Å². The molecular formula is C22H24N4O4. The van der Waals surface area contributed by atoms with E-state index in [1.54, 1.807) is 39.8 Å². The summed E-state index contributed by atoms with van der Waals surface area (Å²) in [4.78, 5) is 19.3. The topological polar surface area (TPSA) is 86.7 Å². The molecule has 3 heterocycles. The number of hydrogen-bond acceptors (Lipinski definition) is 8. The lowest BCUT2D eigenvalue weighted by Crippen LogP contribution is -2.39. The first-order valence-electron chi connectivity index (χ1n) is 9.82. The maximum absolute atomic E-state index is 12.9. The highest BCUT2D eigenvalue weighted by Crippen LogP contribution is 2.45. The van der Waals surface area contributed by atoms with Crippen LogP contribution in [0.2, 0.25) is 0 Å². The predicted molar refractivity (Wildman–Crippen MR) is 113 cm³/mol. The van der Waals surface area contributed by atoms with Crippen LogP contribution in [-0.2, 0) is 0 Å². The summed E-state index contributed by atoms with van der Waals surface area (Å²) in [6, 6.07) is 7.29. The number of carbonyl (C=O) groups is 1. The average molecular weight is 408 g/mol. The van der Waals surface area contributed by atoms with Gasteiger partial charge in [-0.2, -0.15) is 5.10 Å². The Hall–Kier alpha value is -3.42. The molecule has 0 bridgehead atoms. The van der Waals surface area contributed by atoms with Crippen molar-refractivity contribution in [1.82, 2.24) is 15.2 Å². The maximum atomic E-state index is 12.9. The summed E-state index contributed by atoms with van der Waals surface area (Å²) in [6.07, 6.45) is 5.01. The number of methoxy groups -OCH3 is 3. The number of benzene rings is 1. The summed E-state index contributed by atoms with van der Waals surface area (Å²) in [6.45, 7) is 1.34. The van der Waals surface area contributed by atoms with E-state index in [2.05, 4.69) is 20.1 Å². The highest BCUT2D eigenvalue weighted by atomic mass is 16.5. The molecule has 1 fully saturated rings. The van der Waals surface area contributed by atoms with Crippen LogP contribution in [0.5, 0.6) is 17.2 Å². The largest absolute Gasteiger partial charge is 0.493 e. The molecule has 1 unspecified atom stereocenters. The number of anilines is 1. The molecule has 1 aromatic carbocycles. The summed E-state index contributed by atoms with van der Waals surface area (Å²) in [5.74, 6) is 2.21. The van der Waals surface area contributed by atoms with E-state index in [1.807, 2.05) is 18.2 Å². The second kappa shape index (κ2) is 8.52. The van der Waals surface area contributed by atoms with Crippen molar-refractivity contribution < 1.29 is 19.0 Å². The third-order valence-corrected chi connectivity index (χ3v) is 5.46. The summed E-state index contributed by atoms with van der Waals surface area (Å²) in [7, 11) is 4.74. The van der Waals surface area contributed by atoms with Gasteiger partial charge in [-0.05, 0) is 31.0 Å². The number of pyridine rings is 1. The molecule has 1 aliphatic heterocycles. The minimum Gasteiger partial charge on any atom is -0.493 e. The molecule has 2 aromatic heterocycles. The monoisotopic (exact) mass is 408 g/mol. The Labute approximate surface area is 174 Å². The van der Waals surface area contributed by atoms with E-state index in [0.29, 0.717) is 35.3 Å². The van der Waals surface area contributed by atoms with Crippen molar-refractivity contribution in [3.8, 4) is 17.2 Å². The fraction of sp³-hybridized carbons (Fsp3) is 0.364. The third-order valence-electron chi connectivity index (χ3n) is 5.46. The zero-order chi connectivity index (χ0) is 21.1. The van der Waals surface area contributed by atoms with Crippen LogP contribution in [0.1, 0.15) is 23.3 Å². The highest BCUT2D eigenvalue weighted by Gasteiger charge is 2.30.